The van der Waals surface area contributed by atoms with Gasteiger partial charge in [-0.1, -0.05) is 16.8 Å². The van der Waals surface area contributed by atoms with E-state index in [0.29, 0.717) is 41.1 Å². The number of nitrogens with one attached hydrogen (secondary N) is 1. The first-order valence-corrected chi connectivity index (χ1v) is 8.52. The van der Waals surface area contributed by atoms with Gasteiger partial charge >= 0.3 is 5.97 Å². The number of rotatable bonds is 5. The van der Waals surface area contributed by atoms with Crippen molar-refractivity contribution in [2.24, 2.45) is 0 Å². The van der Waals surface area contributed by atoms with Crippen LogP contribution in [0.3, 0.4) is 0 Å². The number of hydrogen-bond donors (Lipinski definition) is 1. The molecule has 0 fully saturated rings. The first kappa shape index (κ1) is 18.8. The molecule has 9 heteroatoms. The Hall–Kier alpha value is -3.00. The van der Waals surface area contributed by atoms with Gasteiger partial charge in [0.15, 0.2) is 23.4 Å². The average molecular weight is 393 g/mol. The second-order valence-electron chi connectivity index (χ2n) is 5.75. The Bertz CT molecular complexity index is 892. The third-order valence-corrected chi connectivity index (χ3v) is 3.85. The molecule has 2 heterocycles. The molecular weight excluding hydrogens is 376 g/mol. The third-order valence-electron chi connectivity index (χ3n) is 3.57. The molecular formula is C18H17ClN2O6. The molecule has 8 nitrogen and oxygen atoms in total. The monoisotopic (exact) mass is 392 g/mol. The van der Waals surface area contributed by atoms with Gasteiger partial charge in [0.1, 0.15) is 19.0 Å². The maximum Gasteiger partial charge on any atom is 0.331 e. The zero-order chi connectivity index (χ0) is 19.4. The zero-order valence-electron chi connectivity index (χ0n) is 14.7. The quantitative estimate of drug-likeness (QED) is 0.616. The van der Waals surface area contributed by atoms with Crippen molar-refractivity contribution >= 4 is 35.4 Å². The first-order chi connectivity index (χ1) is 12.9. The summed E-state index contributed by atoms with van der Waals surface area (Å²) >= 11 is 6.15. The number of nitrogens with zero attached hydrogens (tertiary/aromatic N) is 1. The van der Waals surface area contributed by atoms with Gasteiger partial charge in [-0.2, -0.15) is 0 Å². The Labute approximate surface area is 160 Å². The van der Waals surface area contributed by atoms with Crippen LogP contribution in [0, 0.1) is 6.92 Å². The molecule has 0 spiro atoms. The summed E-state index contributed by atoms with van der Waals surface area (Å²) in [5.74, 6) is 0.596. The molecule has 1 N–H and O–H groups in total. The molecule has 0 saturated heterocycles. The largest absolute Gasteiger partial charge is 0.486 e. The van der Waals surface area contributed by atoms with Crippen LogP contribution in [-0.2, 0) is 14.3 Å². The van der Waals surface area contributed by atoms with Crippen molar-refractivity contribution < 1.29 is 28.3 Å². The van der Waals surface area contributed by atoms with Gasteiger partial charge < -0.3 is 24.1 Å². The predicted octanol–water partition coefficient (Wildman–Crippen LogP) is 2.99. The van der Waals surface area contributed by atoms with Crippen molar-refractivity contribution in [3.05, 3.63) is 40.6 Å². The van der Waals surface area contributed by atoms with Gasteiger partial charge in [-0.15, -0.1) is 0 Å². The summed E-state index contributed by atoms with van der Waals surface area (Å²) in [7, 11) is 0. The fourth-order valence-electron chi connectivity index (χ4n) is 2.31. The van der Waals surface area contributed by atoms with Crippen LogP contribution >= 0.6 is 11.6 Å². The lowest BCUT2D eigenvalue weighted by Gasteiger charge is -2.19. The molecule has 1 aliphatic rings. The molecule has 0 aliphatic carbocycles. The zero-order valence-corrected chi connectivity index (χ0v) is 15.4. The van der Waals surface area contributed by atoms with E-state index in [1.54, 1.807) is 25.1 Å². The smallest absolute Gasteiger partial charge is 0.331 e. The minimum atomic E-state index is -1.01. The van der Waals surface area contributed by atoms with Crippen molar-refractivity contribution in [1.29, 1.82) is 0 Å². The SMILES string of the molecule is Cc1cc(NC(=O)[C@@H](C)OC(=O)/C=C/c2cc(Cl)c3c(c2)OCCO3)no1. The summed E-state index contributed by atoms with van der Waals surface area (Å²) in [5, 5.41) is 6.52. The van der Waals surface area contributed by atoms with Gasteiger partial charge in [0.05, 0.1) is 5.02 Å². The Morgan fingerprint density at radius 3 is 2.81 bits per heavy atom. The van der Waals surface area contributed by atoms with Crippen molar-refractivity contribution in [1.82, 2.24) is 5.16 Å². The molecule has 1 amide bonds. The van der Waals surface area contributed by atoms with Crippen molar-refractivity contribution in [3.63, 3.8) is 0 Å². The standard InChI is InChI=1S/C18H17ClN2O6/c1-10-7-15(21-27-10)20-18(23)11(2)26-16(22)4-3-12-8-13(19)17-14(9-12)24-5-6-25-17/h3-4,7-9,11H,5-6H2,1-2H3,(H,20,21,23)/b4-3+/t11-/m1/s1. The Morgan fingerprint density at radius 2 is 2.07 bits per heavy atom. The van der Waals surface area contributed by atoms with Crippen LogP contribution in [0.5, 0.6) is 11.5 Å². The lowest BCUT2D eigenvalue weighted by Crippen LogP contribution is -2.29. The first-order valence-electron chi connectivity index (χ1n) is 8.14. The van der Waals surface area contributed by atoms with Gasteiger partial charge in [0, 0.05) is 12.1 Å². The molecule has 0 saturated carbocycles. The van der Waals surface area contributed by atoms with Gasteiger partial charge in [0.25, 0.3) is 5.91 Å². The summed E-state index contributed by atoms with van der Waals surface area (Å²) in [4.78, 5) is 23.9. The van der Waals surface area contributed by atoms with Crippen LogP contribution in [0.4, 0.5) is 5.82 Å². The molecule has 1 aromatic carbocycles. The number of anilines is 1. The molecule has 1 aliphatic heterocycles. The van der Waals surface area contributed by atoms with Crippen molar-refractivity contribution in [2.75, 3.05) is 18.5 Å². The number of ether oxygens (including phenoxy) is 3. The van der Waals surface area contributed by atoms with Gasteiger partial charge in [-0.25, -0.2) is 4.79 Å². The van der Waals surface area contributed by atoms with E-state index in [4.69, 9.17) is 30.3 Å². The van der Waals surface area contributed by atoms with E-state index in [-0.39, 0.29) is 5.82 Å². The minimum Gasteiger partial charge on any atom is -0.486 e. The normalized spacial score (nSPS) is 14.0. The lowest BCUT2D eigenvalue weighted by atomic mass is 10.2. The van der Waals surface area contributed by atoms with Crippen LogP contribution in [0.1, 0.15) is 18.2 Å². The van der Waals surface area contributed by atoms with Crippen LogP contribution in [0.2, 0.25) is 5.02 Å². The number of esters is 1. The van der Waals surface area contributed by atoms with Crippen LogP contribution < -0.4 is 14.8 Å². The van der Waals surface area contributed by atoms with E-state index in [1.807, 2.05) is 0 Å². The van der Waals surface area contributed by atoms with Crippen LogP contribution in [-0.4, -0.2) is 36.4 Å². The molecule has 0 radical (unpaired) electrons. The number of amides is 1. The van der Waals surface area contributed by atoms with Gasteiger partial charge in [0.2, 0.25) is 0 Å². The maximum atomic E-state index is 12.0. The molecule has 0 bridgehead atoms. The fourth-order valence-corrected chi connectivity index (χ4v) is 2.59. The Balaban J connectivity index is 1.58. The van der Waals surface area contributed by atoms with E-state index >= 15 is 0 Å². The summed E-state index contributed by atoms with van der Waals surface area (Å²) < 4.78 is 20.8. The summed E-state index contributed by atoms with van der Waals surface area (Å²) in [6.45, 7) is 4.01. The highest BCUT2D eigenvalue weighted by Crippen LogP contribution is 2.38. The Morgan fingerprint density at radius 1 is 1.30 bits per heavy atom. The second kappa shape index (κ2) is 8.13. The highest BCUT2D eigenvalue weighted by molar-refractivity contribution is 6.32. The molecule has 3 rings (SSSR count). The molecule has 0 unspecified atom stereocenters. The van der Waals surface area contributed by atoms with Crippen LogP contribution in [0.25, 0.3) is 6.08 Å². The Kier molecular flexibility index (Phi) is 5.66. The average Bonchev–Trinajstić information content (AvgIpc) is 3.04. The highest BCUT2D eigenvalue weighted by atomic mass is 35.5. The number of carbonyl (C=O) groups excluding carboxylic acids is 2. The number of fused-ring (bicyclic) bond motifs is 1. The second-order valence-corrected chi connectivity index (χ2v) is 6.16. The number of hydrogen-bond acceptors (Lipinski definition) is 7. The van der Waals surface area contributed by atoms with Crippen molar-refractivity contribution in [3.8, 4) is 11.5 Å². The topological polar surface area (TPSA) is 99.9 Å². The predicted molar refractivity (Wildman–Crippen MR) is 96.9 cm³/mol. The summed E-state index contributed by atoms with van der Waals surface area (Å²) in [6, 6.07) is 4.90. The minimum absolute atomic E-state index is 0.252. The van der Waals surface area contributed by atoms with E-state index in [0.717, 1.165) is 0 Å². The summed E-state index contributed by atoms with van der Waals surface area (Å²) in [6.07, 6.45) is 1.70. The van der Waals surface area contributed by atoms with Crippen molar-refractivity contribution in [2.45, 2.75) is 20.0 Å². The van der Waals surface area contributed by atoms with Crippen LogP contribution in [0.15, 0.2) is 28.8 Å². The lowest BCUT2D eigenvalue weighted by molar-refractivity contribution is -0.148. The molecule has 2 aromatic rings. The fraction of sp³-hybridized carbons (Fsp3) is 0.278. The maximum absolute atomic E-state index is 12.0. The number of benzene rings is 1. The number of aryl methyl sites for hydroxylation is 1. The number of carbonyl (C=O) groups is 2. The van der Waals surface area contributed by atoms with E-state index in [2.05, 4.69) is 10.5 Å². The van der Waals surface area contributed by atoms with E-state index < -0.39 is 18.0 Å². The van der Waals surface area contributed by atoms with E-state index in [9.17, 15) is 9.59 Å². The molecule has 142 valence electrons. The summed E-state index contributed by atoms with van der Waals surface area (Å²) in [5.41, 5.74) is 0.636. The van der Waals surface area contributed by atoms with Gasteiger partial charge in [-0.05, 0) is 37.6 Å². The highest BCUT2D eigenvalue weighted by Gasteiger charge is 2.19. The van der Waals surface area contributed by atoms with Gasteiger partial charge in [-0.3, -0.25) is 4.79 Å². The number of halogens is 1. The molecule has 27 heavy (non-hydrogen) atoms. The molecule has 1 atom stereocenters. The van der Waals surface area contributed by atoms with E-state index in [1.165, 1.54) is 19.1 Å². The third kappa shape index (κ3) is 4.79. The number of aromatic nitrogens is 1. The molecule has 1 aromatic heterocycles.